The number of nitrogens with zero attached hydrogens (tertiary/aromatic N) is 1. The molecule has 0 saturated carbocycles. The molecule has 104 valence electrons. The molecule has 1 aliphatic heterocycles. The van der Waals surface area contributed by atoms with Crippen LogP contribution in [0.3, 0.4) is 0 Å². The van der Waals surface area contributed by atoms with Crippen LogP contribution >= 0.6 is 15.9 Å². The summed E-state index contributed by atoms with van der Waals surface area (Å²) >= 11 is 3.45. The predicted molar refractivity (Wildman–Crippen MR) is 77.8 cm³/mol. The van der Waals surface area contributed by atoms with Gasteiger partial charge in [0.05, 0.1) is 0 Å². The minimum absolute atomic E-state index is 0.173. The number of carbonyl (C=O) groups excluding carboxylic acids is 1. The van der Waals surface area contributed by atoms with Crippen molar-refractivity contribution >= 4 is 22.0 Å². The third-order valence-corrected chi connectivity index (χ3v) is 3.32. The first-order valence-corrected chi connectivity index (χ1v) is 7.37. The lowest BCUT2D eigenvalue weighted by atomic mass is 9.93. The van der Waals surface area contributed by atoms with E-state index < -0.39 is 5.60 Å². The SMILES string of the molecule is C/C(Br)=C\CC1CCN(C(=O)OC(C)(C)C)CC1. The molecule has 1 heterocycles. The molecule has 0 bridgehead atoms. The number of rotatable bonds is 2. The fourth-order valence-electron chi connectivity index (χ4n) is 2.01. The standard InChI is InChI=1S/C14H24BrNO2/c1-11(15)5-6-12-7-9-16(10-8-12)13(17)18-14(2,3)4/h5,12H,6-10H2,1-4H3/b11-5+. The molecule has 0 aromatic carbocycles. The van der Waals surface area contributed by atoms with Crippen LogP contribution in [-0.4, -0.2) is 29.7 Å². The highest BCUT2D eigenvalue weighted by Crippen LogP contribution is 2.23. The third kappa shape index (κ3) is 5.89. The minimum Gasteiger partial charge on any atom is -0.444 e. The summed E-state index contributed by atoms with van der Waals surface area (Å²) in [5.74, 6) is 0.691. The van der Waals surface area contributed by atoms with Crippen LogP contribution in [0, 0.1) is 5.92 Å². The van der Waals surface area contributed by atoms with Gasteiger partial charge in [-0.2, -0.15) is 0 Å². The quantitative estimate of drug-likeness (QED) is 0.759. The Labute approximate surface area is 119 Å². The third-order valence-electron chi connectivity index (χ3n) is 3.00. The molecule has 0 radical (unpaired) electrons. The Morgan fingerprint density at radius 1 is 1.39 bits per heavy atom. The van der Waals surface area contributed by atoms with E-state index in [1.807, 2.05) is 25.7 Å². The molecule has 18 heavy (non-hydrogen) atoms. The number of ether oxygens (including phenoxy) is 1. The van der Waals surface area contributed by atoms with Crippen LogP contribution in [0.15, 0.2) is 10.6 Å². The van der Waals surface area contributed by atoms with Crippen molar-refractivity contribution < 1.29 is 9.53 Å². The molecule has 0 aliphatic carbocycles. The average molecular weight is 318 g/mol. The van der Waals surface area contributed by atoms with Gasteiger partial charge in [0, 0.05) is 13.1 Å². The van der Waals surface area contributed by atoms with Gasteiger partial charge in [0.25, 0.3) is 0 Å². The molecular weight excluding hydrogens is 294 g/mol. The van der Waals surface area contributed by atoms with E-state index in [0.29, 0.717) is 5.92 Å². The molecule has 0 spiro atoms. The highest BCUT2D eigenvalue weighted by Gasteiger charge is 2.26. The van der Waals surface area contributed by atoms with Gasteiger partial charge in [-0.1, -0.05) is 22.0 Å². The Morgan fingerprint density at radius 3 is 2.39 bits per heavy atom. The van der Waals surface area contributed by atoms with E-state index in [4.69, 9.17) is 4.74 Å². The summed E-state index contributed by atoms with van der Waals surface area (Å²) in [7, 11) is 0. The summed E-state index contributed by atoms with van der Waals surface area (Å²) in [6.45, 7) is 9.39. The number of hydrogen-bond donors (Lipinski definition) is 0. The Hall–Kier alpha value is -0.510. The van der Waals surface area contributed by atoms with E-state index in [2.05, 4.69) is 28.9 Å². The smallest absolute Gasteiger partial charge is 0.410 e. The predicted octanol–water partition coefficient (Wildman–Crippen LogP) is 4.32. The number of amides is 1. The van der Waals surface area contributed by atoms with Crippen molar-refractivity contribution in [1.29, 1.82) is 0 Å². The van der Waals surface area contributed by atoms with E-state index in [-0.39, 0.29) is 6.09 Å². The Morgan fingerprint density at radius 2 is 1.94 bits per heavy atom. The highest BCUT2D eigenvalue weighted by molar-refractivity contribution is 9.11. The molecule has 1 amide bonds. The maximum atomic E-state index is 11.9. The fraction of sp³-hybridized carbons (Fsp3) is 0.786. The lowest BCUT2D eigenvalue weighted by Crippen LogP contribution is -2.41. The molecule has 1 rings (SSSR count). The first-order chi connectivity index (χ1) is 8.28. The molecule has 1 aliphatic rings. The summed E-state index contributed by atoms with van der Waals surface area (Å²) in [5.41, 5.74) is -0.399. The number of likely N-dealkylation sites (tertiary alicyclic amines) is 1. The molecule has 0 aromatic rings. The number of halogens is 1. The van der Waals surface area contributed by atoms with Crippen molar-refractivity contribution in [3.05, 3.63) is 10.6 Å². The zero-order valence-electron chi connectivity index (χ0n) is 11.8. The van der Waals surface area contributed by atoms with E-state index >= 15 is 0 Å². The van der Waals surface area contributed by atoms with Crippen LogP contribution in [0.4, 0.5) is 4.79 Å². The summed E-state index contributed by atoms with van der Waals surface area (Å²) < 4.78 is 6.57. The molecule has 0 atom stereocenters. The van der Waals surface area contributed by atoms with E-state index in [0.717, 1.165) is 32.4 Å². The lowest BCUT2D eigenvalue weighted by molar-refractivity contribution is 0.0185. The maximum absolute atomic E-state index is 11.9. The lowest BCUT2D eigenvalue weighted by Gasteiger charge is -2.33. The molecule has 1 saturated heterocycles. The molecule has 1 fully saturated rings. The van der Waals surface area contributed by atoms with Crippen molar-refractivity contribution in [2.45, 2.75) is 52.6 Å². The van der Waals surface area contributed by atoms with E-state index in [1.165, 1.54) is 4.48 Å². The molecule has 3 nitrogen and oxygen atoms in total. The molecule has 0 unspecified atom stereocenters. The second-order valence-electron chi connectivity index (χ2n) is 5.94. The fourth-order valence-corrected chi connectivity index (χ4v) is 2.19. The number of carbonyl (C=O) groups is 1. The first kappa shape index (κ1) is 15.5. The van der Waals surface area contributed by atoms with Gasteiger partial charge in [-0.05, 0) is 57.4 Å². The number of piperidine rings is 1. The topological polar surface area (TPSA) is 29.5 Å². The van der Waals surface area contributed by atoms with Gasteiger partial charge in [0.15, 0.2) is 0 Å². The highest BCUT2D eigenvalue weighted by atomic mass is 79.9. The van der Waals surface area contributed by atoms with Crippen LogP contribution in [-0.2, 0) is 4.74 Å². The monoisotopic (exact) mass is 317 g/mol. The van der Waals surface area contributed by atoms with Gasteiger partial charge in [0.1, 0.15) is 5.60 Å². The van der Waals surface area contributed by atoms with Crippen molar-refractivity contribution in [3.8, 4) is 0 Å². The average Bonchev–Trinajstić information content (AvgIpc) is 2.24. The Kier molecular flexibility index (Phi) is 5.70. The van der Waals surface area contributed by atoms with Gasteiger partial charge in [-0.15, -0.1) is 0 Å². The maximum Gasteiger partial charge on any atom is 0.410 e. The van der Waals surface area contributed by atoms with Crippen LogP contribution in [0.25, 0.3) is 0 Å². The zero-order valence-corrected chi connectivity index (χ0v) is 13.4. The summed E-state index contributed by atoms with van der Waals surface area (Å²) in [6.07, 6.45) is 5.27. The van der Waals surface area contributed by atoms with Crippen LogP contribution in [0.5, 0.6) is 0 Å². The normalized spacial score (nSPS) is 18.9. The largest absolute Gasteiger partial charge is 0.444 e. The summed E-state index contributed by atoms with van der Waals surface area (Å²) in [4.78, 5) is 13.7. The number of allylic oxidation sites excluding steroid dienone is 2. The number of hydrogen-bond acceptors (Lipinski definition) is 2. The van der Waals surface area contributed by atoms with Crippen LogP contribution < -0.4 is 0 Å². The van der Waals surface area contributed by atoms with Gasteiger partial charge >= 0.3 is 6.09 Å². The zero-order chi connectivity index (χ0) is 13.8. The molecule has 0 N–H and O–H groups in total. The van der Waals surface area contributed by atoms with Crippen molar-refractivity contribution in [2.75, 3.05) is 13.1 Å². The molecule has 0 aromatic heterocycles. The summed E-state index contributed by atoms with van der Waals surface area (Å²) in [6, 6.07) is 0. The van der Waals surface area contributed by atoms with E-state index in [9.17, 15) is 4.79 Å². The van der Waals surface area contributed by atoms with Gasteiger partial charge in [0.2, 0.25) is 0 Å². The van der Waals surface area contributed by atoms with Crippen molar-refractivity contribution in [3.63, 3.8) is 0 Å². The second kappa shape index (κ2) is 6.60. The van der Waals surface area contributed by atoms with Crippen LogP contribution in [0.2, 0.25) is 0 Å². The minimum atomic E-state index is -0.399. The van der Waals surface area contributed by atoms with Crippen LogP contribution in [0.1, 0.15) is 47.0 Å². The molecular formula is C14H24BrNO2. The van der Waals surface area contributed by atoms with Crippen molar-refractivity contribution in [2.24, 2.45) is 5.92 Å². The Balaban J connectivity index is 2.35. The second-order valence-corrected chi connectivity index (χ2v) is 7.19. The molecule has 4 heteroatoms. The van der Waals surface area contributed by atoms with Gasteiger partial charge in [-0.25, -0.2) is 4.79 Å². The van der Waals surface area contributed by atoms with E-state index in [1.54, 1.807) is 0 Å². The summed E-state index contributed by atoms with van der Waals surface area (Å²) in [5, 5.41) is 0. The first-order valence-electron chi connectivity index (χ1n) is 6.58. The van der Waals surface area contributed by atoms with Gasteiger partial charge < -0.3 is 9.64 Å². The Bertz CT molecular complexity index is 308. The van der Waals surface area contributed by atoms with Gasteiger partial charge in [-0.3, -0.25) is 0 Å². The van der Waals surface area contributed by atoms with Crippen molar-refractivity contribution in [1.82, 2.24) is 4.90 Å².